The molecule has 2 aliphatic carbocycles. The van der Waals surface area contributed by atoms with Crippen molar-refractivity contribution < 1.29 is 0 Å². The van der Waals surface area contributed by atoms with E-state index >= 15 is 0 Å². The number of fused-ring (bicyclic) bond motifs is 10. The third-order valence-corrected chi connectivity index (χ3v) is 15.8. The van der Waals surface area contributed by atoms with E-state index in [2.05, 4.69) is 255 Å². The Labute approximate surface area is 390 Å². The fourth-order valence-corrected chi connectivity index (χ4v) is 12.7. The Kier molecular flexibility index (Phi) is 8.72. The molecule has 0 spiro atoms. The van der Waals surface area contributed by atoms with Crippen molar-refractivity contribution in [2.75, 3.05) is 4.90 Å². The summed E-state index contributed by atoms with van der Waals surface area (Å²) in [6, 6.07) is 88.2. The van der Waals surface area contributed by atoms with Gasteiger partial charge >= 0.3 is 0 Å². The summed E-state index contributed by atoms with van der Waals surface area (Å²) in [5.74, 6) is 0. The van der Waals surface area contributed by atoms with Crippen LogP contribution in [0.4, 0.5) is 17.1 Å². The maximum Gasteiger partial charge on any atom is 0.0714 e. The summed E-state index contributed by atoms with van der Waals surface area (Å²) >= 11 is 1.92. The molecule has 10 aromatic carbocycles. The minimum atomic E-state index is -0.512. The molecule has 312 valence electrons. The van der Waals surface area contributed by atoms with Crippen LogP contribution in [0.1, 0.15) is 47.2 Å². The molecule has 1 aromatic heterocycles. The molecule has 1 heterocycles. The third-order valence-electron chi connectivity index (χ3n) is 14.6. The van der Waals surface area contributed by atoms with Gasteiger partial charge in [0.25, 0.3) is 0 Å². The molecule has 66 heavy (non-hydrogen) atoms. The predicted octanol–water partition coefficient (Wildman–Crippen LogP) is 17.5. The van der Waals surface area contributed by atoms with Crippen molar-refractivity contribution in [3.8, 4) is 44.5 Å². The number of nitrogens with zero attached hydrogens (tertiary/aromatic N) is 1. The smallest absolute Gasteiger partial charge is 0.0714 e. The van der Waals surface area contributed by atoms with Crippen molar-refractivity contribution in [2.24, 2.45) is 0 Å². The van der Waals surface area contributed by atoms with E-state index in [-0.39, 0.29) is 5.41 Å². The molecule has 0 aliphatic heterocycles. The van der Waals surface area contributed by atoms with Crippen LogP contribution in [0.5, 0.6) is 0 Å². The Morgan fingerprint density at radius 2 is 0.864 bits per heavy atom. The molecule has 0 radical (unpaired) electrons. The second-order valence-electron chi connectivity index (χ2n) is 18.4. The first kappa shape index (κ1) is 38.7. The van der Waals surface area contributed by atoms with Crippen LogP contribution in [0, 0.1) is 0 Å². The van der Waals surface area contributed by atoms with Crippen LogP contribution in [0.2, 0.25) is 0 Å². The first-order chi connectivity index (χ1) is 32.5. The van der Waals surface area contributed by atoms with E-state index in [4.69, 9.17) is 0 Å². The Balaban J connectivity index is 1.03. The molecule has 0 amide bonds. The lowest BCUT2D eigenvalue weighted by molar-refractivity contribution is 0.660. The minimum absolute atomic E-state index is 0.141. The Bertz CT molecular complexity index is 3600. The average Bonchev–Trinajstić information content (AvgIpc) is 3.99. The van der Waals surface area contributed by atoms with Gasteiger partial charge in [-0.2, -0.15) is 0 Å². The van der Waals surface area contributed by atoms with Crippen molar-refractivity contribution >= 4 is 48.6 Å². The minimum Gasteiger partial charge on any atom is -0.310 e. The first-order valence-electron chi connectivity index (χ1n) is 23.0. The van der Waals surface area contributed by atoms with Crippen molar-refractivity contribution in [3.63, 3.8) is 0 Å². The molecule has 0 bridgehead atoms. The molecule has 1 nitrogen and oxygen atoms in total. The number of anilines is 3. The third kappa shape index (κ3) is 5.71. The number of benzene rings is 10. The van der Waals surface area contributed by atoms with Gasteiger partial charge in [0.05, 0.1) is 5.41 Å². The van der Waals surface area contributed by atoms with Gasteiger partial charge in [0.1, 0.15) is 0 Å². The van der Waals surface area contributed by atoms with E-state index in [1.54, 1.807) is 0 Å². The van der Waals surface area contributed by atoms with Gasteiger partial charge in [-0.3, -0.25) is 0 Å². The molecule has 2 heteroatoms. The van der Waals surface area contributed by atoms with Crippen LogP contribution < -0.4 is 4.90 Å². The van der Waals surface area contributed by atoms with Crippen molar-refractivity contribution in [1.29, 1.82) is 0 Å². The lowest BCUT2D eigenvalue weighted by Gasteiger charge is -2.34. The van der Waals surface area contributed by atoms with Crippen LogP contribution in [-0.4, -0.2) is 0 Å². The summed E-state index contributed by atoms with van der Waals surface area (Å²) in [6.45, 7) is 4.75. The summed E-state index contributed by atoms with van der Waals surface area (Å²) in [4.78, 5) is 2.48. The molecular weight excluding hydrogens is 815 g/mol. The molecule has 0 saturated heterocycles. The normalized spacial score (nSPS) is 13.8. The van der Waals surface area contributed by atoms with E-state index < -0.39 is 5.41 Å². The van der Waals surface area contributed by atoms with Crippen LogP contribution >= 0.6 is 11.3 Å². The fraction of sp³-hybridized carbons (Fsp3) is 0.0625. The van der Waals surface area contributed by atoms with Gasteiger partial charge in [0.15, 0.2) is 0 Å². The predicted molar refractivity (Wildman–Crippen MR) is 280 cm³/mol. The average molecular weight is 860 g/mol. The van der Waals surface area contributed by atoms with E-state index in [0.717, 1.165) is 17.1 Å². The van der Waals surface area contributed by atoms with Crippen LogP contribution in [0.15, 0.2) is 237 Å². The van der Waals surface area contributed by atoms with Gasteiger partial charge in [-0.1, -0.05) is 208 Å². The summed E-state index contributed by atoms with van der Waals surface area (Å²) in [5, 5.41) is 2.63. The largest absolute Gasteiger partial charge is 0.310 e. The highest BCUT2D eigenvalue weighted by atomic mass is 32.1. The zero-order chi connectivity index (χ0) is 44.0. The Hall–Kier alpha value is -7.78. The SMILES string of the molecule is CC1(C)c2ccccc2-c2ccc(N(c3ccc(-c4ccc(-c5ccccc5)cc4)cc3)c3ccc4c(c3)-c3c(ccc5c3sc3ccccc35)C4(c3ccccc3)c3ccccc3)cc21. The molecular formula is C64H45NS. The zero-order valence-electron chi connectivity index (χ0n) is 36.9. The summed E-state index contributed by atoms with van der Waals surface area (Å²) < 4.78 is 2.65. The lowest BCUT2D eigenvalue weighted by atomic mass is 9.67. The van der Waals surface area contributed by atoms with E-state index in [0.29, 0.717) is 0 Å². The Morgan fingerprint density at radius 1 is 0.348 bits per heavy atom. The molecule has 2 aliphatic rings. The maximum atomic E-state index is 2.49. The zero-order valence-corrected chi connectivity index (χ0v) is 37.7. The van der Waals surface area contributed by atoms with Gasteiger partial charge in [-0.25, -0.2) is 0 Å². The highest BCUT2D eigenvalue weighted by Crippen LogP contribution is 2.60. The van der Waals surface area contributed by atoms with E-state index in [1.165, 1.54) is 98.1 Å². The van der Waals surface area contributed by atoms with Crippen LogP contribution in [-0.2, 0) is 10.8 Å². The quantitative estimate of drug-likeness (QED) is 0.154. The topological polar surface area (TPSA) is 3.24 Å². The van der Waals surface area contributed by atoms with Crippen LogP contribution in [0.25, 0.3) is 64.7 Å². The van der Waals surface area contributed by atoms with Crippen LogP contribution in [0.3, 0.4) is 0 Å². The van der Waals surface area contributed by atoms with Gasteiger partial charge in [-0.15, -0.1) is 11.3 Å². The summed E-state index contributed by atoms with van der Waals surface area (Å²) in [7, 11) is 0. The monoisotopic (exact) mass is 859 g/mol. The van der Waals surface area contributed by atoms with Gasteiger partial charge in [-0.05, 0) is 115 Å². The number of rotatable bonds is 7. The molecule has 0 saturated carbocycles. The molecule has 0 atom stereocenters. The number of thiophene rings is 1. The van der Waals surface area contributed by atoms with Crippen molar-refractivity contribution in [1.82, 2.24) is 0 Å². The van der Waals surface area contributed by atoms with E-state index in [9.17, 15) is 0 Å². The van der Waals surface area contributed by atoms with Crippen molar-refractivity contribution in [3.05, 3.63) is 270 Å². The molecule has 13 rings (SSSR count). The molecule has 0 fully saturated rings. The van der Waals surface area contributed by atoms with Gasteiger partial charge in [0.2, 0.25) is 0 Å². The summed E-state index contributed by atoms with van der Waals surface area (Å²) in [6.07, 6.45) is 0. The molecule has 0 unspecified atom stereocenters. The highest BCUT2D eigenvalue weighted by Gasteiger charge is 2.47. The lowest BCUT2D eigenvalue weighted by Crippen LogP contribution is -2.28. The maximum absolute atomic E-state index is 2.49. The second-order valence-corrected chi connectivity index (χ2v) is 19.5. The van der Waals surface area contributed by atoms with E-state index in [1.807, 2.05) is 11.3 Å². The number of hydrogen-bond acceptors (Lipinski definition) is 2. The first-order valence-corrected chi connectivity index (χ1v) is 23.8. The summed E-state index contributed by atoms with van der Waals surface area (Å²) in [5.41, 5.74) is 20.7. The fourth-order valence-electron chi connectivity index (χ4n) is 11.5. The molecule has 11 aromatic rings. The number of hydrogen-bond donors (Lipinski definition) is 0. The van der Waals surface area contributed by atoms with Crippen molar-refractivity contribution in [2.45, 2.75) is 24.7 Å². The molecule has 0 N–H and O–H groups in total. The van der Waals surface area contributed by atoms with Gasteiger partial charge < -0.3 is 4.90 Å². The van der Waals surface area contributed by atoms with Gasteiger partial charge in [0, 0.05) is 48.2 Å². The highest BCUT2D eigenvalue weighted by molar-refractivity contribution is 7.26. The Morgan fingerprint density at radius 3 is 1.56 bits per heavy atom. The second kappa shape index (κ2) is 14.9. The standard InChI is InChI=1S/C64H45NS/c1-63(2)56-24-14-12-22-51(56)52-36-34-50(41-59(52)63)65(48-32-30-45(31-33-48)44-28-26-43(27-29-44)42-16-6-3-7-17-42)49-35-38-57-55(40-49)61-58(39-37-54-53-23-13-15-25-60(53)66-62(54)61)64(57,46-18-8-4-9-19-46)47-20-10-5-11-21-47/h3-41H,1-2H3.